The normalized spacial score (nSPS) is 17.6. The molecule has 1 heterocycles. The minimum Gasteiger partial charge on any atom is -0.481 e. The molecule has 1 aliphatic rings. The molecule has 98 valence electrons. The molecule has 6 nitrogen and oxygen atoms in total. The number of hydrogen-bond acceptors (Lipinski definition) is 3. The van der Waals surface area contributed by atoms with Gasteiger partial charge in [-0.05, 0) is 12.8 Å². The van der Waals surface area contributed by atoms with Gasteiger partial charge >= 0.3 is 5.97 Å². The Labute approximate surface area is 105 Å². The second-order valence-corrected chi connectivity index (χ2v) is 4.90. The van der Waals surface area contributed by atoms with Gasteiger partial charge in [0.25, 0.3) is 5.91 Å². The number of rotatable bonds is 4. The van der Waals surface area contributed by atoms with E-state index in [9.17, 15) is 14.7 Å². The van der Waals surface area contributed by atoms with E-state index in [1.54, 1.807) is 17.8 Å². The van der Waals surface area contributed by atoms with Crippen molar-refractivity contribution in [2.75, 3.05) is 6.54 Å². The van der Waals surface area contributed by atoms with Gasteiger partial charge in [-0.25, -0.2) is 4.98 Å². The summed E-state index contributed by atoms with van der Waals surface area (Å²) in [6, 6.07) is 0. The Hall–Kier alpha value is -1.85. The fourth-order valence-corrected chi connectivity index (χ4v) is 2.39. The van der Waals surface area contributed by atoms with Crippen LogP contribution in [-0.2, 0) is 11.8 Å². The molecule has 0 atom stereocenters. The van der Waals surface area contributed by atoms with Crippen molar-refractivity contribution in [3.8, 4) is 0 Å². The van der Waals surface area contributed by atoms with E-state index in [0.29, 0.717) is 18.5 Å². The molecule has 0 aromatic carbocycles. The van der Waals surface area contributed by atoms with Gasteiger partial charge in [0, 0.05) is 19.8 Å². The molecule has 0 bridgehead atoms. The number of aryl methyl sites for hydroxylation is 1. The Morgan fingerprint density at radius 2 is 2.17 bits per heavy atom. The predicted molar refractivity (Wildman–Crippen MR) is 64.1 cm³/mol. The Morgan fingerprint density at radius 1 is 1.50 bits per heavy atom. The number of carbonyl (C=O) groups is 2. The van der Waals surface area contributed by atoms with E-state index in [1.807, 2.05) is 0 Å². The zero-order valence-electron chi connectivity index (χ0n) is 10.3. The molecular formula is C12H17N3O3. The number of amides is 1. The lowest BCUT2D eigenvalue weighted by Crippen LogP contribution is -2.41. The quantitative estimate of drug-likeness (QED) is 0.828. The Kier molecular flexibility index (Phi) is 3.36. The van der Waals surface area contributed by atoms with Gasteiger partial charge in [-0.2, -0.15) is 0 Å². The number of nitrogens with one attached hydrogen (secondary N) is 1. The topological polar surface area (TPSA) is 84.2 Å². The third kappa shape index (κ3) is 2.37. The lowest BCUT2D eigenvalue weighted by Gasteiger charge is -2.23. The third-order valence-corrected chi connectivity index (χ3v) is 3.54. The van der Waals surface area contributed by atoms with Crippen molar-refractivity contribution < 1.29 is 14.7 Å². The first-order valence-corrected chi connectivity index (χ1v) is 6.03. The molecule has 1 amide bonds. The van der Waals surface area contributed by atoms with E-state index in [1.165, 1.54) is 6.33 Å². The summed E-state index contributed by atoms with van der Waals surface area (Å²) in [5, 5.41) is 12.0. The number of imidazole rings is 1. The molecule has 1 saturated carbocycles. The van der Waals surface area contributed by atoms with E-state index < -0.39 is 11.4 Å². The monoisotopic (exact) mass is 251 g/mol. The van der Waals surface area contributed by atoms with Crippen LogP contribution in [0.3, 0.4) is 0 Å². The minimum atomic E-state index is -0.818. The van der Waals surface area contributed by atoms with Crippen LogP contribution in [0.15, 0.2) is 12.5 Å². The predicted octanol–water partition coefficient (Wildman–Crippen LogP) is 0.795. The summed E-state index contributed by atoms with van der Waals surface area (Å²) in [5.41, 5.74) is -0.471. The molecule has 1 aliphatic carbocycles. The van der Waals surface area contributed by atoms with Crippen molar-refractivity contribution in [3.63, 3.8) is 0 Å². The molecule has 1 aromatic rings. The maximum atomic E-state index is 11.8. The van der Waals surface area contributed by atoms with E-state index in [2.05, 4.69) is 10.3 Å². The third-order valence-electron chi connectivity index (χ3n) is 3.54. The van der Waals surface area contributed by atoms with Gasteiger partial charge in [-0.1, -0.05) is 12.8 Å². The van der Waals surface area contributed by atoms with Crippen LogP contribution in [0.25, 0.3) is 0 Å². The Balaban J connectivity index is 1.98. The molecular weight excluding hydrogens is 234 g/mol. The largest absolute Gasteiger partial charge is 0.481 e. The average Bonchev–Trinajstić information content (AvgIpc) is 2.95. The number of carbonyl (C=O) groups excluding carboxylic acids is 1. The smallest absolute Gasteiger partial charge is 0.311 e. The zero-order chi connectivity index (χ0) is 13.2. The summed E-state index contributed by atoms with van der Waals surface area (Å²) in [5.74, 6) is -1.13. The fourth-order valence-electron chi connectivity index (χ4n) is 2.39. The summed E-state index contributed by atoms with van der Waals surface area (Å²) in [6.07, 6.45) is 6.22. The fraction of sp³-hybridized carbons (Fsp3) is 0.583. The van der Waals surface area contributed by atoms with Crippen molar-refractivity contribution in [1.29, 1.82) is 0 Å². The highest BCUT2D eigenvalue weighted by molar-refractivity contribution is 5.92. The summed E-state index contributed by atoms with van der Waals surface area (Å²) in [6.45, 7) is 0.178. The maximum Gasteiger partial charge on any atom is 0.311 e. The van der Waals surface area contributed by atoms with Crippen LogP contribution >= 0.6 is 0 Å². The Bertz CT molecular complexity index is 461. The van der Waals surface area contributed by atoms with Gasteiger partial charge in [-0.15, -0.1) is 0 Å². The minimum absolute atomic E-state index is 0.178. The maximum absolute atomic E-state index is 11.8. The molecule has 0 aliphatic heterocycles. The van der Waals surface area contributed by atoms with Crippen LogP contribution in [0.4, 0.5) is 0 Å². The van der Waals surface area contributed by atoms with Crippen LogP contribution in [0.5, 0.6) is 0 Å². The van der Waals surface area contributed by atoms with Crippen molar-refractivity contribution in [2.45, 2.75) is 25.7 Å². The van der Waals surface area contributed by atoms with E-state index in [0.717, 1.165) is 12.8 Å². The second kappa shape index (κ2) is 4.80. The highest BCUT2D eigenvalue weighted by Gasteiger charge is 2.41. The molecule has 1 fully saturated rings. The Morgan fingerprint density at radius 3 is 2.67 bits per heavy atom. The molecule has 0 radical (unpaired) electrons. The molecule has 6 heteroatoms. The van der Waals surface area contributed by atoms with Crippen LogP contribution < -0.4 is 5.32 Å². The number of aromatic nitrogens is 2. The first-order chi connectivity index (χ1) is 8.53. The van der Waals surface area contributed by atoms with Gasteiger partial charge in [0.05, 0.1) is 11.7 Å². The van der Waals surface area contributed by atoms with E-state index >= 15 is 0 Å². The molecule has 2 N–H and O–H groups in total. The number of hydrogen-bond donors (Lipinski definition) is 2. The lowest BCUT2D eigenvalue weighted by molar-refractivity contribution is -0.148. The number of carboxylic acids is 1. The van der Waals surface area contributed by atoms with Gasteiger partial charge in [-0.3, -0.25) is 9.59 Å². The van der Waals surface area contributed by atoms with Crippen molar-refractivity contribution in [2.24, 2.45) is 12.5 Å². The summed E-state index contributed by atoms with van der Waals surface area (Å²) in [4.78, 5) is 27.0. The van der Waals surface area contributed by atoms with Crippen LogP contribution in [0.2, 0.25) is 0 Å². The summed E-state index contributed by atoms with van der Waals surface area (Å²) >= 11 is 0. The first kappa shape index (κ1) is 12.6. The molecule has 0 saturated heterocycles. The summed E-state index contributed by atoms with van der Waals surface area (Å²) < 4.78 is 1.68. The van der Waals surface area contributed by atoms with Crippen molar-refractivity contribution >= 4 is 11.9 Å². The van der Waals surface area contributed by atoms with Crippen molar-refractivity contribution in [3.05, 3.63) is 18.2 Å². The number of aliphatic carboxylic acids is 1. The SMILES string of the molecule is Cn1cnc(C(=O)NCC2(C(=O)O)CCCC2)c1. The average molecular weight is 251 g/mol. The summed E-state index contributed by atoms with van der Waals surface area (Å²) in [7, 11) is 1.78. The molecule has 2 rings (SSSR count). The van der Waals surface area contributed by atoms with Crippen LogP contribution in [-0.4, -0.2) is 33.1 Å². The number of carboxylic acid groups (broad SMARTS) is 1. The standard InChI is InChI=1S/C12H17N3O3/c1-15-6-9(14-8-15)10(16)13-7-12(11(17)18)4-2-3-5-12/h6,8H,2-5,7H2,1H3,(H,13,16)(H,17,18). The molecule has 0 spiro atoms. The first-order valence-electron chi connectivity index (χ1n) is 6.03. The second-order valence-electron chi connectivity index (χ2n) is 4.90. The number of nitrogens with zero attached hydrogens (tertiary/aromatic N) is 2. The van der Waals surface area contributed by atoms with Crippen molar-refractivity contribution in [1.82, 2.24) is 14.9 Å². The van der Waals surface area contributed by atoms with Gasteiger partial charge in [0.2, 0.25) is 0 Å². The van der Waals surface area contributed by atoms with Gasteiger partial charge in [0.1, 0.15) is 5.69 Å². The highest BCUT2D eigenvalue weighted by atomic mass is 16.4. The lowest BCUT2D eigenvalue weighted by atomic mass is 9.86. The van der Waals surface area contributed by atoms with Gasteiger partial charge in [0.15, 0.2) is 0 Å². The highest BCUT2D eigenvalue weighted by Crippen LogP contribution is 2.37. The molecule has 1 aromatic heterocycles. The zero-order valence-corrected chi connectivity index (χ0v) is 10.3. The molecule has 0 unspecified atom stereocenters. The van der Waals surface area contributed by atoms with E-state index in [4.69, 9.17) is 0 Å². The van der Waals surface area contributed by atoms with Gasteiger partial charge < -0.3 is 15.0 Å². The van der Waals surface area contributed by atoms with Crippen LogP contribution in [0.1, 0.15) is 36.2 Å². The van der Waals surface area contributed by atoms with E-state index in [-0.39, 0.29) is 12.5 Å². The molecule has 18 heavy (non-hydrogen) atoms. The van der Waals surface area contributed by atoms with Crippen LogP contribution in [0, 0.1) is 5.41 Å².